The predicted molar refractivity (Wildman–Crippen MR) is 78.8 cm³/mol. The molecule has 0 aliphatic heterocycles. The molecule has 0 aliphatic carbocycles. The summed E-state index contributed by atoms with van der Waals surface area (Å²) in [6.45, 7) is 8.08. The lowest BCUT2D eigenvalue weighted by Crippen LogP contribution is -2.41. The molecule has 0 aliphatic rings. The number of carboxylic acid groups (broad SMARTS) is 1. The molecule has 0 spiro atoms. The molecule has 0 aromatic heterocycles. The van der Waals surface area contributed by atoms with E-state index in [4.69, 9.17) is 0 Å². The number of nitrogens with one attached hydrogen (secondary N) is 1. The van der Waals surface area contributed by atoms with E-state index >= 15 is 0 Å². The zero-order valence-electron chi connectivity index (χ0n) is 12.6. The molecule has 1 rings (SSSR count). The maximum atomic E-state index is 12.0. The van der Waals surface area contributed by atoms with Gasteiger partial charge in [-0.1, -0.05) is 38.5 Å². The molecular weight excluding hydrogens is 254 g/mol. The summed E-state index contributed by atoms with van der Waals surface area (Å²) in [4.78, 5) is 23.2. The zero-order valence-corrected chi connectivity index (χ0v) is 12.6. The van der Waals surface area contributed by atoms with Gasteiger partial charge >= 0.3 is 5.97 Å². The molecule has 1 unspecified atom stereocenters. The summed E-state index contributed by atoms with van der Waals surface area (Å²) in [5.74, 6) is -1.33. The summed E-state index contributed by atoms with van der Waals surface area (Å²) in [6.07, 6.45) is 1.16. The van der Waals surface area contributed by atoms with Crippen LogP contribution in [0.3, 0.4) is 0 Å². The monoisotopic (exact) mass is 277 g/mol. The average molecular weight is 277 g/mol. The number of rotatable bonds is 5. The minimum Gasteiger partial charge on any atom is -0.480 e. The maximum absolute atomic E-state index is 12.0. The highest BCUT2D eigenvalue weighted by atomic mass is 16.4. The molecule has 1 aromatic rings. The number of carbonyl (C=O) groups excluding carboxylic acids is 1. The molecule has 0 heterocycles. The Balaban J connectivity index is 2.68. The summed E-state index contributed by atoms with van der Waals surface area (Å²) >= 11 is 0. The third-order valence-corrected chi connectivity index (χ3v) is 3.10. The van der Waals surface area contributed by atoms with Crippen molar-refractivity contribution in [1.29, 1.82) is 0 Å². The summed E-state index contributed by atoms with van der Waals surface area (Å²) < 4.78 is 0. The average Bonchev–Trinajstić information content (AvgIpc) is 2.33. The number of amides is 1. The highest BCUT2D eigenvalue weighted by molar-refractivity contribution is 5.96. The molecule has 0 radical (unpaired) electrons. The molecule has 0 saturated heterocycles. The molecule has 4 nitrogen and oxygen atoms in total. The number of carbonyl (C=O) groups is 2. The first-order valence-electron chi connectivity index (χ1n) is 6.79. The van der Waals surface area contributed by atoms with Crippen molar-refractivity contribution in [2.75, 3.05) is 0 Å². The van der Waals surface area contributed by atoms with Crippen LogP contribution in [-0.4, -0.2) is 23.0 Å². The molecule has 2 N–H and O–H groups in total. The van der Waals surface area contributed by atoms with Crippen LogP contribution in [-0.2, 0) is 4.79 Å². The van der Waals surface area contributed by atoms with Gasteiger partial charge in [-0.05, 0) is 37.3 Å². The molecule has 1 aromatic carbocycles. The molecule has 0 bridgehead atoms. The second-order valence-corrected chi connectivity index (χ2v) is 6.33. The van der Waals surface area contributed by atoms with Crippen LogP contribution >= 0.6 is 0 Å². The summed E-state index contributed by atoms with van der Waals surface area (Å²) in [7, 11) is 0. The van der Waals surface area contributed by atoms with Crippen LogP contribution in [0.4, 0.5) is 0 Å². The van der Waals surface area contributed by atoms with Gasteiger partial charge in [-0.15, -0.1) is 0 Å². The van der Waals surface area contributed by atoms with E-state index in [0.717, 1.165) is 12.0 Å². The van der Waals surface area contributed by atoms with Gasteiger partial charge in [-0.25, -0.2) is 4.79 Å². The van der Waals surface area contributed by atoms with Crippen LogP contribution in [0.2, 0.25) is 0 Å². The van der Waals surface area contributed by atoms with E-state index in [1.807, 2.05) is 39.8 Å². The third kappa shape index (κ3) is 5.43. The fourth-order valence-corrected chi connectivity index (χ4v) is 1.78. The highest BCUT2D eigenvalue weighted by Crippen LogP contribution is 2.21. The summed E-state index contributed by atoms with van der Waals surface area (Å²) in [5.41, 5.74) is 1.59. The Morgan fingerprint density at radius 1 is 1.20 bits per heavy atom. The van der Waals surface area contributed by atoms with E-state index in [9.17, 15) is 14.7 Å². The van der Waals surface area contributed by atoms with Gasteiger partial charge in [0.2, 0.25) is 0 Å². The highest BCUT2D eigenvalue weighted by Gasteiger charge is 2.23. The Morgan fingerprint density at radius 2 is 1.75 bits per heavy atom. The Labute approximate surface area is 120 Å². The van der Waals surface area contributed by atoms with Gasteiger partial charge in [-0.2, -0.15) is 0 Å². The molecule has 20 heavy (non-hydrogen) atoms. The summed E-state index contributed by atoms with van der Waals surface area (Å²) in [5, 5.41) is 11.8. The molecule has 4 heteroatoms. The Morgan fingerprint density at radius 3 is 2.20 bits per heavy atom. The first kappa shape index (κ1) is 16.2. The number of carboxylic acids is 1. The first-order chi connectivity index (χ1) is 9.19. The quantitative estimate of drug-likeness (QED) is 0.869. The van der Waals surface area contributed by atoms with Crippen molar-refractivity contribution in [3.8, 4) is 0 Å². The first-order valence-corrected chi connectivity index (χ1v) is 6.79. The minimum absolute atomic E-state index is 0.0439. The smallest absolute Gasteiger partial charge is 0.326 e. The molecule has 0 fully saturated rings. The van der Waals surface area contributed by atoms with Crippen molar-refractivity contribution in [1.82, 2.24) is 5.32 Å². The normalized spacial score (nSPS) is 12.8. The largest absolute Gasteiger partial charge is 0.480 e. The fourth-order valence-electron chi connectivity index (χ4n) is 1.78. The van der Waals surface area contributed by atoms with Crippen molar-refractivity contribution >= 4 is 11.9 Å². The van der Waals surface area contributed by atoms with Crippen LogP contribution in [0.5, 0.6) is 0 Å². The van der Waals surface area contributed by atoms with E-state index in [-0.39, 0.29) is 11.3 Å². The zero-order chi connectivity index (χ0) is 15.3. The van der Waals surface area contributed by atoms with Crippen molar-refractivity contribution in [3.05, 3.63) is 35.4 Å². The third-order valence-electron chi connectivity index (χ3n) is 3.10. The van der Waals surface area contributed by atoms with Crippen molar-refractivity contribution in [2.24, 2.45) is 5.41 Å². The van der Waals surface area contributed by atoms with Crippen molar-refractivity contribution < 1.29 is 14.7 Å². The van der Waals surface area contributed by atoms with Crippen molar-refractivity contribution in [2.45, 2.75) is 46.6 Å². The predicted octanol–water partition coefficient (Wildman–Crippen LogP) is 3.00. The minimum atomic E-state index is -0.991. The number of hydrogen-bond acceptors (Lipinski definition) is 2. The Kier molecular flexibility index (Phi) is 5.31. The van der Waals surface area contributed by atoms with Crippen LogP contribution in [0, 0.1) is 12.3 Å². The number of hydrogen-bond donors (Lipinski definition) is 2. The van der Waals surface area contributed by atoms with Crippen LogP contribution < -0.4 is 5.32 Å². The molecule has 1 atom stereocenters. The number of aryl methyl sites for hydroxylation is 1. The second kappa shape index (κ2) is 6.55. The molecule has 1 amide bonds. The van der Waals surface area contributed by atoms with Gasteiger partial charge in [-0.3, -0.25) is 4.79 Å². The van der Waals surface area contributed by atoms with E-state index < -0.39 is 12.0 Å². The SMILES string of the molecule is Cc1ccc(C(=O)NC(CCC(C)(C)C)C(=O)O)cc1. The van der Waals surface area contributed by atoms with Gasteiger partial charge in [0.1, 0.15) is 6.04 Å². The van der Waals surface area contributed by atoms with Crippen LogP contribution in [0.15, 0.2) is 24.3 Å². The van der Waals surface area contributed by atoms with Crippen molar-refractivity contribution in [3.63, 3.8) is 0 Å². The second-order valence-electron chi connectivity index (χ2n) is 6.33. The van der Waals surface area contributed by atoms with E-state index in [2.05, 4.69) is 5.32 Å². The van der Waals surface area contributed by atoms with Crippen LogP contribution in [0.1, 0.15) is 49.5 Å². The van der Waals surface area contributed by atoms with E-state index in [1.165, 1.54) is 0 Å². The lowest BCUT2D eigenvalue weighted by Gasteiger charge is -2.21. The fraction of sp³-hybridized carbons (Fsp3) is 0.500. The number of benzene rings is 1. The van der Waals surface area contributed by atoms with Gasteiger partial charge in [0, 0.05) is 5.56 Å². The van der Waals surface area contributed by atoms with Gasteiger partial charge in [0.05, 0.1) is 0 Å². The van der Waals surface area contributed by atoms with Gasteiger partial charge in [0.15, 0.2) is 0 Å². The lowest BCUT2D eigenvalue weighted by molar-refractivity contribution is -0.139. The van der Waals surface area contributed by atoms with Crippen LogP contribution in [0.25, 0.3) is 0 Å². The van der Waals surface area contributed by atoms with Gasteiger partial charge < -0.3 is 10.4 Å². The molecular formula is C16H23NO3. The molecule has 0 saturated carbocycles. The van der Waals surface area contributed by atoms with Gasteiger partial charge in [0.25, 0.3) is 5.91 Å². The van der Waals surface area contributed by atoms with E-state index in [1.54, 1.807) is 12.1 Å². The Hall–Kier alpha value is -1.84. The Bertz CT molecular complexity index is 471. The topological polar surface area (TPSA) is 66.4 Å². The summed E-state index contributed by atoms with van der Waals surface area (Å²) in [6, 6.07) is 6.23. The van der Waals surface area contributed by atoms with E-state index in [0.29, 0.717) is 12.0 Å². The number of aliphatic carboxylic acids is 1. The molecule has 110 valence electrons. The standard InChI is InChI=1S/C16H23NO3/c1-11-5-7-12(8-6-11)14(18)17-13(15(19)20)9-10-16(2,3)4/h5-8,13H,9-10H2,1-4H3,(H,17,18)(H,19,20). The maximum Gasteiger partial charge on any atom is 0.326 e. The lowest BCUT2D eigenvalue weighted by atomic mass is 9.88.